The quantitative estimate of drug-likeness (QED) is 0.795. The summed E-state index contributed by atoms with van der Waals surface area (Å²) in [6.07, 6.45) is 0.692. The lowest BCUT2D eigenvalue weighted by molar-refractivity contribution is 0.0941. The van der Waals surface area contributed by atoms with Crippen LogP contribution in [-0.2, 0) is 13.0 Å². The van der Waals surface area contributed by atoms with Gasteiger partial charge in [-0.3, -0.25) is 4.79 Å². The molecule has 126 valence electrons. The first-order valence-electron chi connectivity index (χ1n) is 7.17. The summed E-state index contributed by atoms with van der Waals surface area (Å²) in [4.78, 5) is 16.1. The molecule has 7 nitrogen and oxygen atoms in total. The highest BCUT2D eigenvalue weighted by Crippen LogP contribution is 2.14. The number of nitrogens with zero attached hydrogens (tertiary/aromatic N) is 2. The Morgan fingerprint density at radius 1 is 1.39 bits per heavy atom. The molecule has 2 aromatic rings. The van der Waals surface area contributed by atoms with Crippen LogP contribution in [0.25, 0.3) is 0 Å². The molecule has 0 unspecified atom stereocenters. The molecule has 2 rings (SSSR count). The molecule has 0 aliphatic carbocycles. The Balaban J connectivity index is 0.00000264. The molecule has 1 heterocycles. The van der Waals surface area contributed by atoms with Gasteiger partial charge < -0.3 is 20.3 Å². The summed E-state index contributed by atoms with van der Waals surface area (Å²) in [5, 5.41) is 6.60. The summed E-state index contributed by atoms with van der Waals surface area (Å²) in [5.41, 5.74) is 6.03. The van der Waals surface area contributed by atoms with Crippen molar-refractivity contribution in [1.82, 2.24) is 15.5 Å². The molecule has 0 saturated carbocycles. The van der Waals surface area contributed by atoms with Crippen LogP contribution in [-0.4, -0.2) is 28.6 Å². The summed E-state index contributed by atoms with van der Waals surface area (Å²) >= 11 is 0. The van der Waals surface area contributed by atoms with Crippen molar-refractivity contribution in [3.8, 4) is 5.75 Å². The zero-order valence-electron chi connectivity index (χ0n) is 13.1. The van der Waals surface area contributed by atoms with E-state index in [9.17, 15) is 4.79 Å². The number of halogens is 1. The third kappa shape index (κ3) is 5.54. The van der Waals surface area contributed by atoms with Crippen molar-refractivity contribution in [3.05, 3.63) is 41.5 Å². The summed E-state index contributed by atoms with van der Waals surface area (Å²) in [6.45, 7) is 4.41. The van der Waals surface area contributed by atoms with Crippen LogP contribution >= 0.6 is 12.4 Å². The van der Waals surface area contributed by atoms with Gasteiger partial charge >= 0.3 is 0 Å². The second-order valence-electron chi connectivity index (χ2n) is 4.88. The van der Waals surface area contributed by atoms with Crippen LogP contribution in [0.2, 0.25) is 0 Å². The van der Waals surface area contributed by atoms with E-state index in [0.717, 1.165) is 0 Å². The number of rotatable bonds is 7. The molecule has 0 radical (unpaired) electrons. The minimum absolute atomic E-state index is 0. The summed E-state index contributed by atoms with van der Waals surface area (Å²) in [5.74, 6) is 1.55. The molecule has 0 saturated heterocycles. The molecular weight excluding hydrogens is 320 g/mol. The topological polar surface area (TPSA) is 103 Å². The number of nitrogens with one attached hydrogen (secondary N) is 1. The molecule has 0 fully saturated rings. The molecule has 23 heavy (non-hydrogen) atoms. The molecule has 0 aliphatic heterocycles. The first kappa shape index (κ1) is 18.9. The Morgan fingerprint density at radius 3 is 2.65 bits per heavy atom. The summed E-state index contributed by atoms with van der Waals surface area (Å²) < 4.78 is 10.5. The van der Waals surface area contributed by atoms with E-state index in [1.165, 1.54) is 0 Å². The van der Waals surface area contributed by atoms with Crippen molar-refractivity contribution in [2.24, 2.45) is 5.73 Å². The van der Waals surface area contributed by atoms with Gasteiger partial charge in [-0.25, -0.2) is 0 Å². The lowest BCUT2D eigenvalue weighted by Crippen LogP contribution is -2.37. The Hall–Kier alpha value is -2.12. The average Bonchev–Trinajstić information content (AvgIpc) is 3.01. The van der Waals surface area contributed by atoms with Gasteiger partial charge in [-0.05, 0) is 31.2 Å². The predicted molar refractivity (Wildman–Crippen MR) is 87.7 cm³/mol. The number of aromatic nitrogens is 2. The maximum atomic E-state index is 11.9. The number of nitrogens with two attached hydrogens (primary N) is 1. The van der Waals surface area contributed by atoms with Crippen LogP contribution in [0.3, 0.4) is 0 Å². The highest BCUT2D eigenvalue weighted by molar-refractivity contribution is 5.94. The molecule has 0 aliphatic rings. The van der Waals surface area contributed by atoms with Gasteiger partial charge in [0, 0.05) is 24.6 Å². The minimum Gasteiger partial charge on any atom is -0.485 e. The van der Waals surface area contributed by atoms with E-state index in [2.05, 4.69) is 15.5 Å². The van der Waals surface area contributed by atoms with Gasteiger partial charge in [0.25, 0.3) is 5.91 Å². The van der Waals surface area contributed by atoms with Crippen molar-refractivity contribution in [2.75, 3.05) is 6.54 Å². The van der Waals surface area contributed by atoms with Crippen molar-refractivity contribution >= 4 is 18.3 Å². The Labute approximate surface area is 141 Å². The largest absolute Gasteiger partial charge is 0.485 e. The molecular formula is C15H21ClN4O3. The zero-order chi connectivity index (χ0) is 15.9. The number of aryl methyl sites for hydroxylation is 1. The number of hydrogen-bond acceptors (Lipinski definition) is 6. The van der Waals surface area contributed by atoms with Gasteiger partial charge in [-0.2, -0.15) is 4.98 Å². The molecule has 1 aromatic heterocycles. The van der Waals surface area contributed by atoms with Crippen molar-refractivity contribution in [2.45, 2.75) is 32.9 Å². The summed E-state index contributed by atoms with van der Waals surface area (Å²) in [6, 6.07) is 6.78. The Bertz CT molecular complexity index is 615. The number of benzene rings is 1. The predicted octanol–water partition coefficient (Wildman–Crippen LogP) is 1.71. The molecule has 8 heteroatoms. The molecule has 1 amide bonds. The van der Waals surface area contributed by atoms with Gasteiger partial charge in [0.1, 0.15) is 5.75 Å². The number of carbonyl (C=O) groups excluding carboxylic acids is 1. The number of ether oxygens (including phenoxy) is 1. The smallest absolute Gasteiger partial charge is 0.251 e. The number of carbonyl (C=O) groups is 1. The van der Waals surface area contributed by atoms with E-state index in [-0.39, 0.29) is 31.0 Å². The van der Waals surface area contributed by atoms with E-state index in [4.69, 9.17) is 15.0 Å². The van der Waals surface area contributed by atoms with Gasteiger partial charge in [0.2, 0.25) is 11.7 Å². The first-order valence-corrected chi connectivity index (χ1v) is 7.17. The number of hydrogen-bond donors (Lipinski definition) is 2. The number of amides is 1. The average molecular weight is 341 g/mol. The van der Waals surface area contributed by atoms with Crippen LogP contribution < -0.4 is 15.8 Å². The minimum atomic E-state index is -0.157. The van der Waals surface area contributed by atoms with Gasteiger partial charge in [0.05, 0.1) is 0 Å². The SMILES string of the molecule is CCc1nc(COc2ccc(C(=O)N[C@@H](C)CN)cc2)no1.Cl. The molecule has 3 N–H and O–H groups in total. The highest BCUT2D eigenvalue weighted by Gasteiger charge is 2.09. The van der Waals surface area contributed by atoms with E-state index < -0.39 is 0 Å². The normalized spacial score (nSPS) is 11.4. The zero-order valence-corrected chi connectivity index (χ0v) is 13.9. The fourth-order valence-corrected chi connectivity index (χ4v) is 1.71. The molecule has 0 spiro atoms. The highest BCUT2D eigenvalue weighted by atomic mass is 35.5. The monoisotopic (exact) mass is 340 g/mol. The van der Waals surface area contributed by atoms with Crippen LogP contribution in [0.1, 0.15) is 35.9 Å². The van der Waals surface area contributed by atoms with Crippen molar-refractivity contribution in [3.63, 3.8) is 0 Å². The van der Waals surface area contributed by atoms with E-state index in [0.29, 0.717) is 36.0 Å². The maximum absolute atomic E-state index is 11.9. The fraction of sp³-hybridized carbons (Fsp3) is 0.400. The van der Waals surface area contributed by atoms with E-state index >= 15 is 0 Å². The molecule has 0 bridgehead atoms. The first-order chi connectivity index (χ1) is 10.6. The van der Waals surface area contributed by atoms with Gasteiger partial charge in [-0.15, -0.1) is 12.4 Å². The summed E-state index contributed by atoms with van der Waals surface area (Å²) in [7, 11) is 0. The third-order valence-corrected chi connectivity index (χ3v) is 3.03. The Kier molecular flexibility index (Phi) is 7.50. The Morgan fingerprint density at radius 2 is 2.09 bits per heavy atom. The van der Waals surface area contributed by atoms with Crippen LogP contribution in [0, 0.1) is 0 Å². The second kappa shape index (κ2) is 9.12. The van der Waals surface area contributed by atoms with Crippen LogP contribution in [0.4, 0.5) is 0 Å². The fourth-order valence-electron chi connectivity index (χ4n) is 1.71. The lowest BCUT2D eigenvalue weighted by Gasteiger charge is -2.11. The third-order valence-electron chi connectivity index (χ3n) is 3.03. The van der Waals surface area contributed by atoms with E-state index in [1.54, 1.807) is 24.3 Å². The van der Waals surface area contributed by atoms with E-state index in [1.807, 2.05) is 13.8 Å². The van der Waals surface area contributed by atoms with Gasteiger partial charge in [-0.1, -0.05) is 12.1 Å². The van der Waals surface area contributed by atoms with Crippen LogP contribution in [0.15, 0.2) is 28.8 Å². The second-order valence-corrected chi connectivity index (χ2v) is 4.88. The molecule has 1 atom stereocenters. The van der Waals surface area contributed by atoms with Gasteiger partial charge in [0.15, 0.2) is 6.61 Å². The standard InChI is InChI=1S/C15H20N4O3.ClH/c1-3-14-18-13(19-22-14)9-21-12-6-4-11(5-7-12)15(20)17-10(2)8-16;/h4-7,10H,3,8-9,16H2,1-2H3,(H,17,20);1H/t10-;/m0./s1. The maximum Gasteiger partial charge on any atom is 0.251 e. The lowest BCUT2D eigenvalue weighted by atomic mass is 10.2. The van der Waals surface area contributed by atoms with Crippen molar-refractivity contribution < 1.29 is 14.1 Å². The van der Waals surface area contributed by atoms with Crippen molar-refractivity contribution in [1.29, 1.82) is 0 Å². The molecule has 1 aromatic carbocycles. The van der Waals surface area contributed by atoms with Crippen LogP contribution in [0.5, 0.6) is 5.75 Å².